The van der Waals surface area contributed by atoms with E-state index in [2.05, 4.69) is 22.2 Å². The first-order chi connectivity index (χ1) is 16.5. The Morgan fingerprint density at radius 1 is 0.971 bits per heavy atom. The highest BCUT2D eigenvalue weighted by Gasteiger charge is 2.25. The molecule has 2 aromatic carbocycles. The summed E-state index contributed by atoms with van der Waals surface area (Å²) in [6.07, 6.45) is 4.43. The molecule has 34 heavy (non-hydrogen) atoms. The van der Waals surface area contributed by atoms with Crippen molar-refractivity contribution in [2.24, 2.45) is 0 Å². The molecule has 7 nitrogen and oxygen atoms in total. The van der Waals surface area contributed by atoms with Crippen LogP contribution in [0.4, 0.5) is 5.69 Å². The van der Waals surface area contributed by atoms with E-state index in [1.165, 1.54) is 12.5 Å². The molecule has 2 amide bonds. The second-order valence-electron chi connectivity index (χ2n) is 8.80. The van der Waals surface area contributed by atoms with Gasteiger partial charge in [0, 0.05) is 45.3 Å². The molecule has 1 aromatic heterocycles. The monoisotopic (exact) mass is 459 g/mol. The minimum absolute atomic E-state index is 0.0681. The summed E-state index contributed by atoms with van der Waals surface area (Å²) >= 11 is 0. The van der Waals surface area contributed by atoms with Crippen LogP contribution in [0.1, 0.15) is 48.3 Å². The van der Waals surface area contributed by atoms with Crippen molar-refractivity contribution in [3.63, 3.8) is 0 Å². The maximum atomic E-state index is 13.5. The average molecular weight is 460 g/mol. The lowest BCUT2D eigenvalue weighted by atomic mass is 10.1. The fraction of sp³-hybridized carbons (Fsp3) is 0.370. The van der Waals surface area contributed by atoms with Crippen molar-refractivity contribution in [3.8, 4) is 5.69 Å². The molecule has 1 N–H and O–H groups in total. The van der Waals surface area contributed by atoms with Crippen molar-refractivity contribution < 1.29 is 9.59 Å². The van der Waals surface area contributed by atoms with E-state index in [-0.39, 0.29) is 11.8 Å². The molecular formula is C27H33N5O2. The van der Waals surface area contributed by atoms with Crippen molar-refractivity contribution in [2.45, 2.75) is 39.7 Å². The molecule has 2 heterocycles. The predicted octanol–water partition coefficient (Wildman–Crippen LogP) is 4.13. The highest BCUT2D eigenvalue weighted by Crippen LogP contribution is 2.20. The van der Waals surface area contributed by atoms with Crippen LogP contribution in [0.3, 0.4) is 0 Å². The van der Waals surface area contributed by atoms with Crippen LogP contribution in [-0.4, -0.2) is 57.6 Å². The van der Waals surface area contributed by atoms with Crippen molar-refractivity contribution >= 4 is 17.5 Å². The van der Waals surface area contributed by atoms with Gasteiger partial charge in [0.1, 0.15) is 0 Å². The highest BCUT2D eigenvalue weighted by molar-refractivity contribution is 5.95. The quantitative estimate of drug-likeness (QED) is 0.577. The molecule has 0 radical (unpaired) electrons. The smallest absolute Gasteiger partial charge is 0.257 e. The van der Waals surface area contributed by atoms with Crippen molar-refractivity contribution in [2.75, 3.05) is 31.5 Å². The molecule has 0 saturated carbocycles. The van der Waals surface area contributed by atoms with Gasteiger partial charge in [0.05, 0.1) is 23.1 Å². The number of benzene rings is 2. The number of amides is 2. The van der Waals surface area contributed by atoms with E-state index in [0.29, 0.717) is 12.1 Å². The third-order valence-electron chi connectivity index (χ3n) is 6.14. The number of hydrogen-bond donors (Lipinski definition) is 1. The molecule has 1 aliphatic rings. The zero-order valence-corrected chi connectivity index (χ0v) is 20.0. The van der Waals surface area contributed by atoms with E-state index in [0.717, 1.165) is 62.5 Å². The van der Waals surface area contributed by atoms with Gasteiger partial charge in [0.25, 0.3) is 5.91 Å². The Hall–Kier alpha value is -3.45. The van der Waals surface area contributed by atoms with E-state index in [1.807, 2.05) is 64.2 Å². The number of carbonyl (C=O) groups excluding carboxylic acids is 2. The van der Waals surface area contributed by atoms with Gasteiger partial charge in [-0.3, -0.25) is 14.5 Å². The topological polar surface area (TPSA) is 70.5 Å². The SMILES string of the molecule is CCCc1c(C(=O)N2CCCN(Cc3ccc(NC(C)=O)cc3)CC2)cnn1-c1ccccc1. The number of nitrogens with one attached hydrogen (secondary N) is 1. The van der Waals surface area contributed by atoms with E-state index in [9.17, 15) is 9.59 Å². The number of aromatic nitrogens is 2. The molecule has 1 saturated heterocycles. The molecule has 4 rings (SSSR count). The summed E-state index contributed by atoms with van der Waals surface area (Å²) in [5.74, 6) is 0.00794. The fourth-order valence-electron chi connectivity index (χ4n) is 4.48. The summed E-state index contributed by atoms with van der Waals surface area (Å²) in [6, 6.07) is 18.0. The number of nitrogens with zero attached hydrogens (tertiary/aromatic N) is 4. The van der Waals surface area contributed by atoms with Crippen LogP contribution in [0.2, 0.25) is 0 Å². The van der Waals surface area contributed by atoms with Crippen LogP contribution in [-0.2, 0) is 17.8 Å². The van der Waals surface area contributed by atoms with Crippen LogP contribution in [0.25, 0.3) is 5.69 Å². The zero-order chi connectivity index (χ0) is 23.9. The third kappa shape index (κ3) is 5.72. The van der Waals surface area contributed by atoms with E-state index < -0.39 is 0 Å². The van der Waals surface area contributed by atoms with Crippen LogP contribution < -0.4 is 5.32 Å². The summed E-state index contributed by atoms with van der Waals surface area (Å²) in [6.45, 7) is 7.69. The van der Waals surface area contributed by atoms with Gasteiger partial charge in [-0.25, -0.2) is 4.68 Å². The van der Waals surface area contributed by atoms with E-state index in [4.69, 9.17) is 0 Å². The van der Waals surface area contributed by atoms with Gasteiger partial charge in [-0.15, -0.1) is 0 Å². The summed E-state index contributed by atoms with van der Waals surface area (Å²) in [4.78, 5) is 29.1. The lowest BCUT2D eigenvalue weighted by Gasteiger charge is -2.22. The summed E-state index contributed by atoms with van der Waals surface area (Å²) in [7, 11) is 0. The average Bonchev–Trinajstić information content (AvgIpc) is 3.11. The standard InChI is InChI=1S/C27H33N5O2/c1-3-8-26-25(19-28-32(26)24-9-5-4-6-10-24)27(34)31-16-7-15-30(17-18-31)20-22-11-13-23(14-12-22)29-21(2)33/h4-6,9-14,19H,3,7-8,15-18,20H2,1-2H3,(H,29,33). The van der Waals surface area contributed by atoms with Crippen LogP contribution in [0.5, 0.6) is 0 Å². The molecule has 178 valence electrons. The van der Waals surface area contributed by atoms with E-state index in [1.54, 1.807) is 6.20 Å². The summed E-state index contributed by atoms with van der Waals surface area (Å²) in [5.41, 5.74) is 4.69. The Kier molecular flexibility index (Phi) is 7.75. The van der Waals surface area contributed by atoms with Gasteiger partial charge >= 0.3 is 0 Å². The molecule has 7 heteroatoms. The number of para-hydroxylation sites is 1. The largest absolute Gasteiger partial charge is 0.337 e. The van der Waals surface area contributed by atoms with Gasteiger partial charge in [-0.05, 0) is 42.7 Å². The van der Waals surface area contributed by atoms with Crippen LogP contribution in [0, 0.1) is 0 Å². The molecule has 3 aromatic rings. The maximum absolute atomic E-state index is 13.5. The molecule has 1 fully saturated rings. The predicted molar refractivity (Wildman–Crippen MR) is 134 cm³/mol. The van der Waals surface area contributed by atoms with Crippen molar-refractivity contribution in [1.82, 2.24) is 19.6 Å². The Morgan fingerprint density at radius 3 is 2.44 bits per heavy atom. The molecule has 0 unspecified atom stereocenters. The Bertz CT molecular complexity index is 1110. The molecular weight excluding hydrogens is 426 g/mol. The second kappa shape index (κ2) is 11.1. The first-order valence-electron chi connectivity index (χ1n) is 12.1. The first kappa shape index (κ1) is 23.7. The molecule has 0 aliphatic carbocycles. The lowest BCUT2D eigenvalue weighted by molar-refractivity contribution is -0.114. The first-order valence-corrected chi connectivity index (χ1v) is 12.1. The molecule has 0 bridgehead atoms. The third-order valence-corrected chi connectivity index (χ3v) is 6.14. The Morgan fingerprint density at radius 2 is 1.74 bits per heavy atom. The van der Waals surface area contributed by atoms with Crippen molar-refractivity contribution in [3.05, 3.63) is 77.6 Å². The lowest BCUT2D eigenvalue weighted by Crippen LogP contribution is -2.35. The van der Waals surface area contributed by atoms with Gasteiger partial charge in [-0.2, -0.15) is 5.10 Å². The molecule has 1 aliphatic heterocycles. The highest BCUT2D eigenvalue weighted by atomic mass is 16.2. The summed E-state index contributed by atoms with van der Waals surface area (Å²) < 4.78 is 1.91. The van der Waals surface area contributed by atoms with Gasteiger partial charge in [0.15, 0.2) is 0 Å². The minimum Gasteiger partial charge on any atom is -0.337 e. The Balaban J connectivity index is 1.42. The summed E-state index contributed by atoms with van der Waals surface area (Å²) in [5, 5.41) is 7.37. The second-order valence-corrected chi connectivity index (χ2v) is 8.80. The van der Waals surface area contributed by atoms with Gasteiger partial charge < -0.3 is 10.2 Å². The number of rotatable bonds is 7. The number of carbonyl (C=O) groups is 2. The van der Waals surface area contributed by atoms with Crippen molar-refractivity contribution in [1.29, 1.82) is 0 Å². The number of anilines is 1. The zero-order valence-electron chi connectivity index (χ0n) is 20.0. The Labute approximate surface area is 201 Å². The fourth-order valence-corrected chi connectivity index (χ4v) is 4.48. The van der Waals surface area contributed by atoms with Crippen LogP contribution >= 0.6 is 0 Å². The van der Waals surface area contributed by atoms with Gasteiger partial charge in [0.2, 0.25) is 5.91 Å². The van der Waals surface area contributed by atoms with Crippen LogP contribution in [0.15, 0.2) is 60.8 Å². The van der Waals surface area contributed by atoms with E-state index >= 15 is 0 Å². The molecule has 0 atom stereocenters. The minimum atomic E-state index is -0.0681. The number of hydrogen-bond acceptors (Lipinski definition) is 4. The molecule has 0 spiro atoms. The normalized spacial score (nSPS) is 14.6. The van der Waals surface area contributed by atoms with Gasteiger partial charge in [-0.1, -0.05) is 43.7 Å². The maximum Gasteiger partial charge on any atom is 0.257 e.